The highest BCUT2D eigenvalue weighted by Crippen LogP contribution is 2.11. The second kappa shape index (κ2) is 4.40. The molecule has 1 aromatic carbocycles. The topological polar surface area (TPSA) is 62.5 Å². The zero-order valence-corrected chi connectivity index (χ0v) is 10.2. The molecular formula is C15H13NO3. The molecule has 0 radical (unpaired) electrons. The standard InChI is InChI=1S/C15H13NO3/c17-12-3-1-11(2-4-12)16-8-7-10-9-13(18)5-6-14(10)15(16)19/h1-4,6-9,13,17-18H,5H2. The van der Waals surface area contributed by atoms with E-state index in [9.17, 15) is 15.0 Å². The normalized spacial score (nSPS) is 17.2. The Morgan fingerprint density at radius 3 is 2.63 bits per heavy atom. The zero-order valence-electron chi connectivity index (χ0n) is 10.2. The highest BCUT2D eigenvalue weighted by molar-refractivity contribution is 5.43. The van der Waals surface area contributed by atoms with Gasteiger partial charge in [0.2, 0.25) is 0 Å². The van der Waals surface area contributed by atoms with Gasteiger partial charge in [0.1, 0.15) is 5.75 Å². The summed E-state index contributed by atoms with van der Waals surface area (Å²) in [7, 11) is 0. The van der Waals surface area contributed by atoms with E-state index in [1.54, 1.807) is 42.6 Å². The maximum absolute atomic E-state index is 12.4. The molecule has 1 heterocycles. The Labute approximate surface area is 109 Å². The third-order valence-corrected chi connectivity index (χ3v) is 3.23. The predicted octanol–water partition coefficient (Wildman–Crippen LogP) is -0.131. The average Bonchev–Trinajstić information content (AvgIpc) is 2.40. The largest absolute Gasteiger partial charge is 0.508 e. The number of phenolic OH excluding ortho intramolecular Hbond substituents is 1. The van der Waals surface area contributed by atoms with Crippen LogP contribution >= 0.6 is 0 Å². The Morgan fingerprint density at radius 1 is 1.16 bits per heavy atom. The molecule has 0 amide bonds. The van der Waals surface area contributed by atoms with Crippen molar-refractivity contribution in [3.8, 4) is 11.4 Å². The molecule has 1 aliphatic carbocycles. The predicted molar refractivity (Wildman–Crippen MR) is 72.5 cm³/mol. The molecular weight excluding hydrogens is 242 g/mol. The van der Waals surface area contributed by atoms with Gasteiger partial charge in [-0.1, -0.05) is 6.08 Å². The van der Waals surface area contributed by atoms with E-state index in [1.165, 1.54) is 4.57 Å². The second-order valence-electron chi connectivity index (χ2n) is 4.55. The van der Waals surface area contributed by atoms with Crippen LogP contribution < -0.4 is 16.0 Å². The van der Waals surface area contributed by atoms with E-state index in [0.29, 0.717) is 17.3 Å². The van der Waals surface area contributed by atoms with Crippen LogP contribution in [-0.2, 0) is 0 Å². The van der Waals surface area contributed by atoms with Gasteiger partial charge < -0.3 is 10.2 Å². The number of fused-ring (bicyclic) bond motifs is 1. The van der Waals surface area contributed by atoms with E-state index in [0.717, 1.165) is 5.22 Å². The van der Waals surface area contributed by atoms with Crippen LogP contribution in [0.1, 0.15) is 6.42 Å². The molecule has 1 atom stereocenters. The van der Waals surface area contributed by atoms with Crippen molar-refractivity contribution in [3.63, 3.8) is 0 Å². The van der Waals surface area contributed by atoms with Crippen LogP contribution in [0.3, 0.4) is 0 Å². The number of phenols is 1. The molecule has 3 rings (SSSR count). The summed E-state index contributed by atoms with van der Waals surface area (Å²) in [6, 6.07) is 8.26. The number of aromatic nitrogens is 1. The van der Waals surface area contributed by atoms with Gasteiger partial charge in [-0.25, -0.2) is 0 Å². The molecule has 0 saturated carbocycles. The number of aliphatic hydroxyl groups excluding tert-OH is 1. The number of hydrogen-bond acceptors (Lipinski definition) is 3. The molecule has 0 fully saturated rings. The van der Waals surface area contributed by atoms with E-state index in [2.05, 4.69) is 0 Å². The van der Waals surface area contributed by atoms with Gasteiger partial charge in [0, 0.05) is 17.1 Å². The molecule has 0 saturated heterocycles. The molecule has 96 valence electrons. The van der Waals surface area contributed by atoms with Crippen molar-refractivity contribution in [3.05, 3.63) is 57.3 Å². The van der Waals surface area contributed by atoms with Crippen molar-refractivity contribution in [1.29, 1.82) is 0 Å². The molecule has 0 spiro atoms. The van der Waals surface area contributed by atoms with E-state index in [1.807, 2.05) is 6.07 Å². The van der Waals surface area contributed by atoms with Gasteiger partial charge in [0.15, 0.2) is 0 Å². The van der Waals surface area contributed by atoms with Gasteiger partial charge in [-0.2, -0.15) is 0 Å². The summed E-state index contributed by atoms with van der Waals surface area (Å²) in [6.45, 7) is 0. The van der Waals surface area contributed by atoms with Crippen LogP contribution in [0.15, 0.2) is 41.3 Å². The third-order valence-electron chi connectivity index (χ3n) is 3.23. The van der Waals surface area contributed by atoms with Crippen LogP contribution in [0, 0.1) is 0 Å². The fourth-order valence-electron chi connectivity index (χ4n) is 2.25. The van der Waals surface area contributed by atoms with Crippen molar-refractivity contribution in [2.45, 2.75) is 12.5 Å². The monoisotopic (exact) mass is 255 g/mol. The number of aliphatic hydroxyl groups is 1. The smallest absolute Gasteiger partial charge is 0.262 e. The molecule has 0 aliphatic heterocycles. The highest BCUT2D eigenvalue weighted by atomic mass is 16.3. The number of rotatable bonds is 1. The van der Waals surface area contributed by atoms with E-state index >= 15 is 0 Å². The molecule has 1 unspecified atom stereocenters. The fraction of sp³-hybridized carbons (Fsp3) is 0.133. The van der Waals surface area contributed by atoms with Gasteiger partial charge >= 0.3 is 0 Å². The first-order chi connectivity index (χ1) is 9.15. The minimum absolute atomic E-state index is 0.119. The van der Waals surface area contributed by atoms with Crippen LogP contribution in [0.5, 0.6) is 5.75 Å². The van der Waals surface area contributed by atoms with Crippen LogP contribution in [0.4, 0.5) is 0 Å². The van der Waals surface area contributed by atoms with E-state index < -0.39 is 6.10 Å². The van der Waals surface area contributed by atoms with Crippen molar-refractivity contribution in [2.24, 2.45) is 0 Å². The molecule has 1 aromatic heterocycles. The summed E-state index contributed by atoms with van der Waals surface area (Å²) in [5.74, 6) is 0.165. The fourth-order valence-corrected chi connectivity index (χ4v) is 2.25. The molecule has 2 N–H and O–H groups in total. The lowest BCUT2D eigenvalue weighted by Crippen LogP contribution is -2.46. The SMILES string of the molecule is O=c1c2c(ccn1-c1ccc(O)cc1)=CC(O)CC=2. The summed E-state index contributed by atoms with van der Waals surface area (Å²) >= 11 is 0. The Hall–Kier alpha value is -2.33. The molecule has 0 bridgehead atoms. The second-order valence-corrected chi connectivity index (χ2v) is 4.55. The first-order valence-electron chi connectivity index (χ1n) is 6.06. The summed E-state index contributed by atoms with van der Waals surface area (Å²) in [5.41, 5.74) is 0.580. The van der Waals surface area contributed by atoms with E-state index in [-0.39, 0.29) is 11.3 Å². The minimum atomic E-state index is -0.517. The van der Waals surface area contributed by atoms with E-state index in [4.69, 9.17) is 0 Å². The summed E-state index contributed by atoms with van der Waals surface area (Å²) in [5, 5.41) is 20.2. The summed E-state index contributed by atoms with van der Waals surface area (Å²) in [4.78, 5) is 12.4. The maximum atomic E-state index is 12.4. The molecule has 19 heavy (non-hydrogen) atoms. The minimum Gasteiger partial charge on any atom is -0.508 e. The lowest BCUT2D eigenvalue weighted by Gasteiger charge is -2.10. The maximum Gasteiger partial charge on any atom is 0.262 e. The average molecular weight is 255 g/mol. The number of hydrogen-bond donors (Lipinski definition) is 2. The Balaban J connectivity index is 2.24. The molecule has 1 aliphatic rings. The first kappa shape index (κ1) is 11.7. The zero-order chi connectivity index (χ0) is 13.4. The van der Waals surface area contributed by atoms with Crippen LogP contribution in [-0.4, -0.2) is 20.9 Å². The van der Waals surface area contributed by atoms with Crippen LogP contribution in [0.2, 0.25) is 0 Å². The van der Waals surface area contributed by atoms with Crippen molar-refractivity contribution >= 4 is 12.2 Å². The van der Waals surface area contributed by atoms with Gasteiger partial charge in [0.25, 0.3) is 5.56 Å². The molecule has 2 aromatic rings. The molecule has 4 nitrogen and oxygen atoms in total. The highest BCUT2D eigenvalue weighted by Gasteiger charge is 2.07. The van der Waals surface area contributed by atoms with Gasteiger partial charge in [0.05, 0.1) is 6.10 Å². The summed E-state index contributed by atoms with van der Waals surface area (Å²) in [6.07, 6.45) is 5.07. The van der Waals surface area contributed by atoms with Gasteiger partial charge in [-0.15, -0.1) is 0 Å². The number of benzene rings is 1. The lowest BCUT2D eigenvalue weighted by molar-refractivity contribution is 0.244. The molecule has 4 heteroatoms. The van der Waals surface area contributed by atoms with Crippen LogP contribution in [0.25, 0.3) is 17.8 Å². The lowest BCUT2D eigenvalue weighted by atomic mass is 10.1. The summed E-state index contributed by atoms with van der Waals surface area (Å²) < 4.78 is 1.53. The van der Waals surface area contributed by atoms with Gasteiger partial charge in [-0.3, -0.25) is 9.36 Å². The Kier molecular flexibility index (Phi) is 2.72. The van der Waals surface area contributed by atoms with Crippen molar-refractivity contribution in [1.82, 2.24) is 4.57 Å². The van der Waals surface area contributed by atoms with Crippen molar-refractivity contribution in [2.75, 3.05) is 0 Å². The first-order valence-corrected chi connectivity index (χ1v) is 6.06. The number of nitrogens with zero attached hydrogens (tertiary/aromatic N) is 1. The quantitative estimate of drug-likeness (QED) is 0.746. The Bertz CT molecular complexity index is 788. The number of aromatic hydroxyl groups is 1. The van der Waals surface area contributed by atoms with Crippen molar-refractivity contribution < 1.29 is 10.2 Å². The number of pyridine rings is 1. The Morgan fingerprint density at radius 2 is 1.89 bits per heavy atom. The third kappa shape index (κ3) is 2.06. The van der Waals surface area contributed by atoms with Gasteiger partial charge in [-0.05, 0) is 48.0 Å².